The summed E-state index contributed by atoms with van der Waals surface area (Å²) in [6.07, 6.45) is -4.52. The van der Waals surface area contributed by atoms with E-state index in [9.17, 15) is 13.2 Å². The SMILES string of the molecule is CC(C)C(C)Nc1cc(C(F)(F)F)nc(N)n1. The van der Waals surface area contributed by atoms with Gasteiger partial charge in [0.1, 0.15) is 5.82 Å². The van der Waals surface area contributed by atoms with Crippen LogP contribution in [-0.4, -0.2) is 16.0 Å². The number of nitrogens with zero attached hydrogens (tertiary/aromatic N) is 2. The van der Waals surface area contributed by atoms with Crippen LogP contribution in [0.4, 0.5) is 24.9 Å². The monoisotopic (exact) mass is 248 g/mol. The molecule has 0 amide bonds. The van der Waals surface area contributed by atoms with Gasteiger partial charge in [0.05, 0.1) is 0 Å². The Morgan fingerprint density at radius 1 is 1.24 bits per heavy atom. The van der Waals surface area contributed by atoms with Crippen LogP contribution in [0.2, 0.25) is 0 Å². The second-order valence-corrected chi connectivity index (χ2v) is 4.17. The average molecular weight is 248 g/mol. The highest BCUT2D eigenvalue weighted by atomic mass is 19.4. The number of halogens is 3. The number of alkyl halides is 3. The zero-order valence-corrected chi connectivity index (χ0v) is 9.84. The molecule has 0 spiro atoms. The van der Waals surface area contributed by atoms with E-state index in [1.807, 2.05) is 20.8 Å². The molecule has 96 valence electrons. The van der Waals surface area contributed by atoms with Crippen LogP contribution >= 0.6 is 0 Å². The van der Waals surface area contributed by atoms with Gasteiger partial charge in [0.15, 0.2) is 5.69 Å². The van der Waals surface area contributed by atoms with Crippen LogP contribution in [0.1, 0.15) is 26.5 Å². The third-order valence-electron chi connectivity index (χ3n) is 2.41. The Morgan fingerprint density at radius 3 is 2.29 bits per heavy atom. The molecule has 4 nitrogen and oxygen atoms in total. The zero-order chi connectivity index (χ0) is 13.2. The highest BCUT2D eigenvalue weighted by molar-refractivity contribution is 5.42. The van der Waals surface area contributed by atoms with Crippen LogP contribution in [0.15, 0.2) is 6.07 Å². The van der Waals surface area contributed by atoms with Crippen molar-refractivity contribution in [3.63, 3.8) is 0 Å². The Kier molecular flexibility index (Phi) is 3.79. The highest BCUT2D eigenvalue weighted by Crippen LogP contribution is 2.29. The van der Waals surface area contributed by atoms with E-state index in [2.05, 4.69) is 15.3 Å². The molecule has 0 aromatic carbocycles. The normalized spacial score (nSPS) is 13.8. The van der Waals surface area contributed by atoms with Gasteiger partial charge in [-0.25, -0.2) is 4.98 Å². The van der Waals surface area contributed by atoms with Crippen LogP contribution in [0, 0.1) is 5.92 Å². The molecular weight excluding hydrogens is 233 g/mol. The van der Waals surface area contributed by atoms with E-state index in [1.54, 1.807) is 0 Å². The lowest BCUT2D eigenvalue weighted by atomic mass is 10.1. The van der Waals surface area contributed by atoms with Crippen LogP contribution in [0.25, 0.3) is 0 Å². The summed E-state index contributed by atoms with van der Waals surface area (Å²) in [5, 5.41) is 2.86. The summed E-state index contributed by atoms with van der Waals surface area (Å²) in [4.78, 5) is 6.88. The van der Waals surface area contributed by atoms with Crippen molar-refractivity contribution >= 4 is 11.8 Å². The molecule has 1 heterocycles. The molecule has 0 saturated carbocycles. The molecule has 7 heteroatoms. The molecule has 0 aliphatic heterocycles. The van der Waals surface area contributed by atoms with Gasteiger partial charge in [-0.1, -0.05) is 13.8 Å². The maximum absolute atomic E-state index is 12.5. The fraction of sp³-hybridized carbons (Fsp3) is 0.600. The van der Waals surface area contributed by atoms with Crippen LogP contribution in [-0.2, 0) is 6.18 Å². The number of nitrogens with one attached hydrogen (secondary N) is 1. The minimum absolute atomic E-state index is 0.00890. The Morgan fingerprint density at radius 2 is 1.82 bits per heavy atom. The highest BCUT2D eigenvalue weighted by Gasteiger charge is 2.33. The van der Waals surface area contributed by atoms with Gasteiger partial charge in [-0.3, -0.25) is 0 Å². The topological polar surface area (TPSA) is 63.8 Å². The molecule has 0 aliphatic rings. The summed E-state index contributed by atoms with van der Waals surface area (Å²) in [5.41, 5.74) is 4.21. The molecule has 3 N–H and O–H groups in total. The Balaban J connectivity index is 2.98. The Hall–Kier alpha value is -1.53. The predicted octanol–water partition coefficient (Wildman–Crippen LogP) is 2.53. The minimum Gasteiger partial charge on any atom is -0.368 e. The van der Waals surface area contributed by atoms with Gasteiger partial charge < -0.3 is 11.1 Å². The fourth-order valence-electron chi connectivity index (χ4n) is 1.08. The van der Waals surface area contributed by atoms with Gasteiger partial charge in [0.2, 0.25) is 5.95 Å². The molecule has 17 heavy (non-hydrogen) atoms. The fourth-order valence-corrected chi connectivity index (χ4v) is 1.08. The average Bonchev–Trinajstić information content (AvgIpc) is 2.15. The minimum atomic E-state index is -4.52. The second kappa shape index (κ2) is 4.77. The van der Waals surface area contributed by atoms with E-state index in [1.165, 1.54) is 0 Å². The summed E-state index contributed by atoms with van der Waals surface area (Å²) in [6.45, 7) is 5.76. The third kappa shape index (κ3) is 3.76. The first-order valence-electron chi connectivity index (χ1n) is 5.18. The van der Waals surface area contributed by atoms with Crippen molar-refractivity contribution in [2.24, 2.45) is 5.92 Å². The molecule has 0 saturated heterocycles. The summed E-state index contributed by atoms with van der Waals surface area (Å²) in [7, 11) is 0. The van der Waals surface area contributed by atoms with E-state index in [4.69, 9.17) is 5.73 Å². The molecule has 1 aromatic heterocycles. The molecule has 1 unspecified atom stereocenters. The Bertz CT molecular complexity index is 390. The van der Waals surface area contributed by atoms with Crippen molar-refractivity contribution in [2.45, 2.75) is 33.0 Å². The summed E-state index contributed by atoms with van der Waals surface area (Å²) >= 11 is 0. The van der Waals surface area contributed by atoms with E-state index in [0.717, 1.165) is 6.07 Å². The molecular formula is C10H15F3N4. The summed E-state index contributed by atoms with van der Waals surface area (Å²) < 4.78 is 37.4. The van der Waals surface area contributed by atoms with Crippen LogP contribution < -0.4 is 11.1 Å². The smallest absolute Gasteiger partial charge is 0.368 e. The number of hydrogen-bond acceptors (Lipinski definition) is 4. The molecule has 1 aromatic rings. The van der Waals surface area contributed by atoms with Crippen molar-refractivity contribution < 1.29 is 13.2 Å². The number of nitrogens with two attached hydrogens (primary N) is 1. The number of anilines is 2. The number of nitrogen functional groups attached to an aromatic ring is 1. The van der Waals surface area contributed by atoms with Gasteiger partial charge in [0, 0.05) is 12.1 Å². The van der Waals surface area contributed by atoms with Gasteiger partial charge in [-0.15, -0.1) is 0 Å². The predicted molar refractivity (Wildman–Crippen MR) is 59.4 cm³/mol. The lowest BCUT2D eigenvalue weighted by Gasteiger charge is -2.18. The maximum Gasteiger partial charge on any atom is 0.433 e. The lowest BCUT2D eigenvalue weighted by Crippen LogP contribution is -2.23. The number of aromatic nitrogens is 2. The maximum atomic E-state index is 12.5. The number of rotatable bonds is 3. The summed E-state index contributed by atoms with van der Waals surface area (Å²) in [6, 6.07) is 0.847. The van der Waals surface area contributed by atoms with E-state index >= 15 is 0 Å². The third-order valence-corrected chi connectivity index (χ3v) is 2.41. The van der Waals surface area contributed by atoms with Crippen LogP contribution in [0.3, 0.4) is 0 Å². The molecule has 0 radical (unpaired) electrons. The molecule has 1 rings (SSSR count). The molecule has 0 fully saturated rings. The van der Waals surface area contributed by atoms with Gasteiger partial charge in [0.25, 0.3) is 0 Å². The summed E-state index contributed by atoms with van der Waals surface area (Å²) in [5.74, 6) is -0.0372. The van der Waals surface area contributed by atoms with Gasteiger partial charge in [-0.05, 0) is 12.8 Å². The van der Waals surface area contributed by atoms with Crippen molar-refractivity contribution in [2.75, 3.05) is 11.1 Å². The van der Waals surface area contributed by atoms with Gasteiger partial charge in [-0.2, -0.15) is 18.2 Å². The van der Waals surface area contributed by atoms with Gasteiger partial charge >= 0.3 is 6.18 Å². The molecule has 0 aliphatic carbocycles. The first kappa shape index (κ1) is 13.5. The van der Waals surface area contributed by atoms with E-state index < -0.39 is 17.8 Å². The first-order valence-corrected chi connectivity index (χ1v) is 5.18. The second-order valence-electron chi connectivity index (χ2n) is 4.17. The molecule has 1 atom stereocenters. The Labute approximate surface area is 97.4 Å². The van der Waals surface area contributed by atoms with E-state index in [0.29, 0.717) is 0 Å². The van der Waals surface area contributed by atoms with Crippen molar-refractivity contribution in [1.29, 1.82) is 0 Å². The van der Waals surface area contributed by atoms with Crippen LogP contribution in [0.5, 0.6) is 0 Å². The number of hydrogen-bond donors (Lipinski definition) is 2. The zero-order valence-electron chi connectivity index (χ0n) is 9.84. The lowest BCUT2D eigenvalue weighted by molar-refractivity contribution is -0.141. The van der Waals surface area contributed by atoms with Crippen molar-refractivity contribution in [1.82, 2.24) is 9.97 Å². The first-order chi connectivity index (χ1) is 7.70. The quantitative estimate of drug-likeness (QED) is 0.862. The largest absolute Gasteiger partial charge is 0.433 e. The molecule has 0 bridgehead atoms. The van der Waals surface area contributed by atoms with Crippen molar-refractivity contribution in [3.05, 3.63) is 11.8 Å². The van der Waals surface area contributed by atoms with Crippen molar-refractivity contribution in [3.8, 4) is 0 Å². The van der Waals surface area contributed by atoms with E-state index in [-0.39, 0.29) is 17.8 Å². The standard InChI is InChI=1S/C10H15F3N4/c1-5(2)6(3)15-8-4-7(10(11,12)13)16-9(14)17-8/h4-6H,1-3H3,(H3,14,15,16,17).